The molecule has 0 saturated carbocycles. The van der Waals surface area contributed by atoms with Crippen LogP contribution in [0.25, 0.3) is 0 Å². The maximum Gasteiger partial charge on any atom is 0.123 e. The van der Waals surface area contributed by atoms with E-state index in [2.05, 4.69) is 38.2 Å². The minimum absolute atomic E-state index is 0.0935. The molecule has 1 nitrogen and oxygen atoms in total. The second kappa shape index (κ2) is 6.19. The molecule has 2 aromatic rings. The fourth-order valence-electron chi connectivity index (χ4n) is 2.14. The van der Waals surface area contributed by atoms with Crippen molar-refractivity contribution < 1.29 is 4.39 Å². The average molecular weight is 271 g/mol. The van der Waals surface area contributed by atoms with Crippen LogP contribution < -0.4 is 5.32 Å². The van der Waals surface area contributed by atoms with Crippen molar-refractivity contribution in [3.8, 4) is 0 Å². The molecule has 0 radical (unpaired) electrons. The van der Waals surface area contributed by atoms with Gasteiger partial charge in [0.1, 0.15) is 5.82 Å². The SMILES string of the molecule is CC(C)(C)CNC(c1ccccc1)c1ccc(F)cc1. The predicted molar refractivity (Wildman–Crippen MR) is 82.1 cm³/mol. The molecule has 0 fully saturated rings. The van der Waals surface area contributed by atoms with Crippen molar-refractivity contribution in [3.05, 3.63) is 71.5 Å². The summed E-state index contributed by atoms with van der Waals surface area (Å²) in [5.74, 6) is -0.198. The molecule has 0 bridgehead atoms. The highest BCUT2D eigenvalue weighted by Crippen LogP contribution is 2.24. The molecule has 0 aliphatic rings. The summed E-state index contributed by atoms with van der Waals surface area (Å²) in [6.45, 7) is 7.50. The molecule has 20 heavy (non-hydrogen) atoms. The molecule has 106 valence electrons. The van der Waals surface area contributed by atoms with Crippen LogP contribution in [0.5, 0.6) is 0 Å². The van der Waals surface area contributed by atoms with Gasteiger partial charge in [-0.2, -0.15) is 0 Å². The summed E-state index contributed by atoms with van der Waals surface area (Å²) in [7, 11) is 0. The first-order valence-corrected chi connectivity index (χ1v) is 6.99. The van der Waals surface area contributed by atoms with Gasteiger partial charge in [0, 0.05) is 6.54 Å². The van der Waals surface area contributed by atoms with E-state index >= 15 is 0 Å². The van der Waals surface area contributed by atoms with Crippen LogP contribution in [0.1, 0.15) is 37.9 Å². The molecule has 1 N–H and O–H groups in total. The zero-order valence-corrected chi connectivity index (χ0v) is 12.4. The molecule has 2 rings (SSSR count). The third-order valence-corrected chi connectivity index (χ3v) is 3.17. The Kier molecular flexibility index (Phi) is 4.56. The van der Waals surface area contributed by atoms with Gasteiger partial charge in [-0.1, -0.05) is 63.2 Å². The lowest BCUT2D eigenvalue weighted by Crippen LogP contribution is -2.31. The van der Waals surface area contributed by atoms with Gasteiger partial charge in [-0.3, -0.25) is 0 Å². The Balaban J connectivity index is 2.27. The van der Waals surface area contributed by atoms with Crippen molar-refractivity contribution in [3.63, 3.8) is 0 Å². The quantitative estimate of drug-likeness (QED) is 0.860. The van der Waals surface area contributed by atoms with Crippen LogP contribution in [0.4, 0.5) is 4.39 Å². The number of hydrogen-bond acceptors (Lipinski definition) is 1. The summed E-state index contributed by atoms with van der Waals surface area (Å²) in [5.41, 5.74) is 2.48. The van der Waals surface area contributed by atoms with Crippen LogP contribution in [0.2, 0.25) is 0 Å². The summed E-state index contributed by atoms with van der Waals surface area (Å²) < 4.78 is 13.1. The summed E-state index contributed by atoms with van der Waals surface area (Å²) in [6, 6.07) is 17.1. The highest BCUT2D eigenvalue weighted by Gasteiger charge is 2.17. The fraction of sp³-hybridized carbons (Fsp3) is 0.333. The molecule has 2 aromatic carbocycles. The minimum Gasteiger partial charge on any atom is -0.306 e. The van der Waals surface area contributed by atoms with Gasteiger partial charge in [-0.05, 0) is 28.7 Å². The van der Waals surface area contributed by atoms with Crippen molar-refractivity contribution in [2.24, 2.45) is 5.41 Å². The maximum absolute atomic E-state index is 13.1. The first kappa shape index (κ1) is 14.7. The first-order valence-electron chi connectivity index (χ1n) is 6.99. The molecule has 0 aliphatic carbocycles. The van der Waals surface area contributed by atoms with Gasteiger partial charge < -0.3 is 5.32 Å². The number of benzene rings is 2. The Morgan fingerprint density at radius 2 is 1.45 bits per heavy atom. The molecular formula is C18H22FN. The molecule has 0 heterocycles. The van der Waals surface area contributed by atoms with E-state index in [0.717, 1.165) is 12.1 Å². The van der Waals surface area contributed by atoms with E-state index in [1.165, 1.54) is 17.7 Å². The normalized spacial score (nSPS) is 13.2. The van der Waals surface area contributed by atoms with Gasteiger partial charge in [0.05, 0.1) is 6.04 Å². The van der Waals surface area contributed by atoms with Crippen LogP contribution in [0.15, 0.2) is 54.6 Å². The molecule has 0 aromatic heterocycles. The first-order chi connectivity index (χ1) is 9.46. The highest BCUT2D eigenvalue weighted by atomic mass is 19.1. The van der Waals surface area contributed by atoms with Crippen LogP contribution in [-0.2, 0) is 0 Å². The molecule has 2 heteroatoms. The molecule has 0 aliphatic heterocycles. The standard InChI is InChI=1S/C18H22FN/c1-18(2,3)13-20-17(14-7-5-4-6-8-14)15-9-11-16(19)12-10-15/h4-12,17,20H,13H2,1-3H3. The number of rotatable bonds is 4. The minimum atomic E-state index is -0.198. The average Bonchev–Trinajstić information content (AvgIpc) is 2.41. The molecule has 0 spiro atoms. The van der Waals surface area contributed by atoms with Gasteiger partial charge in [-0.25, -0.2) is 4.39 Å². The van der Waals surface area contributed by atoms with Crippen LogP contribution in [0, 0.1) is 11.2 Å². The van der Waals surface area contributed by atoms with Gasteiger partial charge in [0.25, 0.3) is 0 Å². The highest BCUT2D eigenvalue weighted by molar-refractivity contribution is 5.31. The zero-order valence-electron chi connectivity index (χ0n) is 12.4. The Hall–Kier alpha value is -1.67. The third kappa shape index (κ3) is 4.17. The van der Waals surface area contributed by atoms with E-state index < -0.39 is 0 Å². The van der Waals surface area contributed by atoms with E-state index in [4.69, 9.17) is 0 Å². The van der Waals surface area contributed by atoms with Crippen LogP contribution in [0.3, 0.4) is 0 Å². The lowest BCUT2D eigenvalue weighted by Gasteiger charge is -2.25. The Labute approximate surface area is 120 Å². The smallest absolute Gasteiger partial charge is 0.123 e. The summed E-state index contributed by atoms with van der Waals surface area (Å²) in [6.07, 6.45) is 0. The van der Waals surface area contributed by atoms with Crippen molar-refractivity contribution in [1.29, 1.82) is 0 Å². The molecule has 0 amide bonds. The molecule has 1 atom stereocenters. The number of nitrogens with one attached hydrogen (secondary N) is 1. The van der Waals surface area contributed by atoms with Crippen molar-refractivity contribution in [2.45, 2.75) is 26.8 Å². The van der Waals surface area contributed by atoms with Crippen molar-refractivity contribution in [1.82, 2.24) is 5.32 Å². The second-order valence-electron chi connectivity index (χ2n) is 6.34. The van der Waals surface area contributed by atoms with Gasteiger partial charge in [-0.15, -0.1) is 0 Å². The van der Waals surface area contributed by atoms with Gasteiger partial charge >= 0.3 is 0 Å². The Bertz CT molecular complexity index is 526. The van der Waals surface area contributed by atoms with E-state index in [-0.39, 0.29) is 17.3 Å². The van der Waals surface area contributed by atoms with E-state index in [0.29, 0.717) is 0 Å². The number of halogens is 1. The lowest BCUT2D eigenvalue weighted by molar-refractivity contribution is 0.365. The van der Waals surface area contributed by atoms with E-state index in [1.54, 1.807) is 0 Å². The largest absolute Gasteiger partial charge is 0.306 e. The summed E-state index contributed by atoms with van der Waals surface area (Å²) >= 11 is 0. The van der Waals surface area contributed by atoms with Crippen molar-refractivity contribution in [2.75, 3.05) is 6.54 Å². The summed E-state index contributed by atoms with van der Waals surface area (Å²) in [4.78, 5) is 0. The van der Waals surface area contributed by atoms with Crippen LogP contribution in [-0.4, -0.2) is 6.54 Å². The fourth-order valence-corrected chi connectivity index (χ4v) is 2.14. The zero-order chi connectivity index (χ0) is 14.6. The van der Waals surface area contributed by atoms with E-state index in [1.807, 2.05) is 30.3 Å². The second-order valence-corrected chi connectivity index (χ2v) is 6.34. The van der Waals surface area contributed by atoms with E-state index in [9.17, 15) is 4.39 Å². The predicted octanol–water partition coefficient (Wildman–Crippen LogP) is 4.55. The summed E-state index contributed by atoms with van der Waals surface area (Å²) in [5, 5.41) is 3.59. The monoisotopic (exact) mass is 271 g/mol. The maximum atomic E-state index is 13.1. The Morgan fingerprint density at radius 1 is 0.900 bits per heavy atom. The number of hydrogen-bond donors (Lipinski definition) is 1. The Morgan fingerprint density at radius 3 is 2.00 bits per heavy atom. The molecular weight excluding hydrogens is 249 g/mol. The molecule has 0 saturated heterocycles. The van der Waals surface area contributed by atoms with Crippen LogP contribution >= 0.6 is 0 Å². The van der Waals surface area contributed by atoms with Gasteiger partial charge in [0.15, 0.2) is 0 Å². The van der Waals surface area contributed by atoms with Crippen molar-refractivity contribution >= 4 is 0 Å². The third-order valence-electron chi connectivity index (χ3n) is 3.17. The molecule has 1 unspecified atom stereocenters. The lowest BCUT2D eigenvalue weighted by atomic mass is 9.93. The van der Waals surface area contributed by atoms with Gasteiger partial charge in [0.2, 0.25) is 0 Å². The topological polar surface area (TPSA) is 12.0 Å².